The van der Waals surface area contributed by atoms with Crippen molar-refractivity contribution in [2.45, 2.75) is 13.0 Å². The van der Waals surface area contributed by atoms with Gasteiger partial charge in [-0.3, -0.25) is 4.79 Å². The van der Waals surface area contributed by atoms with E-state index in [0.29, 0.717) is 30.3 Å². The van der Waals surface area contributed by atoms with Crippen LogP contribution in [0.25, 0.3) is 0 Å². The van der Waals surface area contributed by atoms with Crippen molar-refractivity contribution in [2.24, 2.45) is 0 Å². The second-order valence-electron chi connectivity index (χ2n) is 3.78. The third-order valence-corrected chi connectivity index (χ3v) is 2.80. The molecule has 0 aliphatic heterocycles. The lowest BCUT2D eigenvalue weighted by Crippen LogP contribution is -2.34. The highest BCUT2D eigenvalue weighted by atomic mass is 35.5. The summed E-state index contributed by atoms with van der Waals surface area (Å²) < 4.78 is 5.20. The van der Waals surface area contributed by atoms with Crippen LogP contribution in [0.1, 0.15) is 12.0 Å². The van der Waals surface area contributed by atoms with Gasteiger partial charge in [-0.1, -0.05) is 17.7 Å². The summed E-state index contributed by atoms with van der Waals surface area (Å²) >= 11 is 6.07. The number of ether oxygens (including phenoxy) is 1. The van der Waals surface area contributed by atoms with E-state index < -0.39 is 0 Å². The zero-order chi connectivity index (χ0) is 14.1. The van der Waals surface area contributed by atoms with Gasteiger partial charge in [0, 0.05) is 23.7 Å². The molecule has 0 aromatic heterocycles. The van der Waals surface area contributed by atoms with E-state index in [0.717, 1.165) is 5.56 Å². The molecule has 0 heterocycles. The minimum absolute atomic E-state index is 0.152. The van der Waals surface area contributed by atoms with E-state index in [2.05, 4.69) is 10.6 Å². The highest BCUT2D eigenvalue weighted by Crippen LogP contribution is 2.25. The Kier molecular flexibility index (Phi) is 6.72. The molecule has 0 aliphatic rings. The summed E-state index contributed by atoms with van der Waals surface area (Å²) in [6, 6.07) is 7.35. The molecule has 6 heteroatoms. The van der Waals surface area contributed by atoms with Gasteiger partial charge in [0.05, 0.1) is 26.1 Å². The maximum atomic E-state index is 11.4. The van der Waals surface area contributed by atoms with Crippen LogP contribution in [0.3, 0.4) is 0 Å². The molecule has 0 unspecified atom stereocenters. The van der Waals surface area contributed by atoms with Gasteiger partial charge in [-0.2, -0.15) is 5.26 Å². The summed E-state index contributed by atoms with van der Waals surface area (Å²) in [5, 5.41) is 14.6. The molecule has 19 heavy (non-hydrogen) atoms. The molecule has 1 amide bonds. The summed E-state index contributed by atoms with van der Waals surface area (Å²) in [6.45, 7) is 0.973. The number of amides is 1. The highest BCUT2D eigenvalue weighted by molar-refractivity contribution is 6.31. The van der Waals surface area contributed by atoms with E-state index in [1.54, 1.807) is 19.2 Å². The largest absolute Gasteiger partial charge is 0.496 e. The number of carbonyl (C=O) groups is 1. The molecule has 0 radical (unpaired) electrons. The maximum Gasteiger partial charge on any atom is 0.234 e. The lowest BCUT2D eigenvalue weighted by molar-refractivity contribution is -0.120. The highest BCUT2D eigenvalue weighted by Gasteiger charge is 2.07. The zero-order valence-corrected chi connectivity index (χ0v) is 11.5. The van der Waals surface area contributed by atoms with Gasteiger partial charge in [-0.15, -0.1) is 0 Å². The van der Waals surface area contributed by atoms with Crippen molar-refractivity contribution in [1.29, 1.82) is 5.26 Å². The van der Waals surface area contributed by atoms with Gasteiger partial charge in [0.25, 0.3) is 0 Å². The fourth-order valence-corrected chi connectivity index (χ4v) is 1.76. The summed E-state index contributed by atoms with van der Waals surface area (Å²) in [4.78, 5) is 11.4. The van der Waals surface area contributed by atoms with E-state index in [4.69, 9.17) is 21.6 Å². The molecule has 1 aromatic rings. The van der Waals surface area contributed by atoms with E-state index in [1.807, 2.05) is 12.1 Å². The Morgan fingerprint density at radius 1 is 1.53 bits per heavy atom. The lowest BCUT2D eigenvalue weighted by Gasteiger charge is -2.11. The van der Waals surface area contributed by atoms with E-state index in [-0.39, 0.29) is 12.5 Å². The molecule has 0 aliphatic carbocycles. The Morgan fingerprint density at radius 3 is 3.00 bits per heavy atom. The van der Waals surface area contributed by atoms with Crippen molar-refractivity contribution in [1.82, 2.24) is 10.6 Å². The number of rotatable bonds is 7. The van der Waals surface area contributed by atoms with Gasteiger partial charge < -0.3 is 15.4 Å². The Hall–Kier alpha value is -1.77. The lowest BCUT2D eigenvalue weighted by atomic mass is 10.2. The molecular formula is C13H16ClN3O2. The Balaban J connectivity index is 2.41. The number of hydrogen-bond donors (Lipinski definition) is 2. The van der Waals surface area contributed by atoms with Crippen LogP contribution in [-0.2, 0) is 11.3 Å². The number of nitrogens with zero attached hydrogens (tertiary/aromatic N) is 1. The van der Waals surface area contributed by atoms with Crippen LogP contribution in [0.2, 0.25) is 5.02 Å². The molecule has 1 aromatic carbocycles. The maximum absolute atomic E-state index is 11.4. The topological polar surface area (TPSA) is 74.2 Å². The van der Waals surface area contributed by atoms with Crippen LogP contribution >= 0.6 is 11.6 Å². The van der Waals surface area contributed by atoms with Crippen molar-refractivity contribution in [3.63, 3.8) is 0 Å². The van der Waals surface area contributed by atoms with Gasteiger partial charge >= 0.3 is 0 Å². The average molecular weight is 282 g/mol. The van der Waals surface area contributed by atoms with Crippen LogP contribution < -0.4 is 15.4 Å². The minimum atomic E-state index is -0.152. The molecule has 0 atom stereocenters. The molecule has 0 bridgehead atoms. The number of benzene rings is 1. The van der Waals surface area contributed by atoms with Crippen LogP contribution in [-0.4, -0.2) is 26.1 Å². The molecule has 0 spiro atoms. The number of halogens is 1. The van der Waals surface area contributed by atoms with Crippen molar-refractivity contribution in [2.75, 3.05) is 20.2 Å². The van der Waals surface area contributed by atoms with Gasteiger partial charge in [0.15, 0.2) is 0 Å². The van der Waals surface area contributed by atoms with E-state index in [1.165, 1.54) is 0 Å². The zero-order valence-electron chi connectivity index (χ0n) is 10.7. The molecule has 0 saturated carbocycles. The fraction of sp³-hybridized carbons (Fsp3) is 0.385. The molecule has 0 saturated heterocycles. The number of nitriles is 1. The minimum Gasteiger partial charge on any atom is -0.496 e. The Morgan fingerprint density at radius 2 is 2.32 bits per heavy atom. The molecule has 0 fully saturated rings. The predicted octanol–water partition coefficient (Wildman–Crippen LogP) is 1.47. The molecular weight excluding hydrogens is 266 g/mol. The summed E-state index contributed by atoms with van der Waals surface area (Å²) in [5.74, 6) is 0.533. The molecule has 102 valence electrons. The third kappa shape index (κ3) is 5.16. The second kappa shape index (κ2) is 8.35. The predicted molar refractivity (Wildman–Crippen MR) is 73.0 cm³/mol. The van der Waals surface area contributed by atoms with E-state index >= 15 is 0 Å². The van der Waals surface area contributed by atoms with Crippen molar-refractivity contribution >= 4 is 17.5 Å². The number of hydrogen-bond acceptors (Lipinski definition) is 4. The molecule has 2 N–H and O–H groups in total. The first-order chi connectivity index (χ1) is 9.19. The first-order valence-corrected chi connectivity index (χ1v) is 6.22. The van der Waals surface area contributed by atoms with Crippen molar-refractivity contribution < 1.29 is 9.53 Å². The summed E-state index contributed by atoms with van der Waals surface area (Å²) in [6.07, 6.45) is 0.310. The van der Waals surface area contributed by atoms with Crippen LogP contribution in [0.5, 0.6) is 5.75 Å². The summed E-state index contributed by atoms with van der Waals surface area (Å²) in [5.41, 5.74) is 0.816. The number of nitrogens with one attached hydrogen (secondary N) is 2. The molecule has 1 rings (SSSR count). The van der Waals surface area contributed by atoms with Crippen molar-refractivity contribution in [3.8, 4) is 11.8 Å². The first kappa shape index (κ1) is 15.3. The third-order valence-electron chi connectivity index (χ3n) is 2.44. The van der Waals surface area contributed by atoms with Crippen LogP contribution in [0.4, 0.5) is 0 Å². The van der Waals surface area contributed by atoms with Crippen molar-refractivity contribution in [3.05, 3.63) is 28.8 Å². The Bertz CT molecular complexity index is 471. The second-order valence-corrected chi connectivity index (χ2v) is 4.19. The summed E-state index contributed by atoms with van der Waals surface area (Å²) in [7, 11) is 1.57. The van der Waals surface area contributed by atoms with E-state index in [9.17, 15) is 4.79 Å². The monoisotopic (exact) mass is 281 g/mol. The quantitative estimate of drug-likeness (QED) is 0.742. The number of carbonyl (C=O) groups excluding carboxylic acids is 1. The first-order valence-electron chi connectivity index (χ1n) is 5.84. The van der Waals surface area contributed by atoms with Gasteiger partial charge in [-0.25, -0.2) is 0 Å². The smallest absolute Gasteiger partial charge is 0.234 e. The molecule has 5 nitrogen and oxygen atoms in total. The van der Waals surface area contributed by atoms with Gasteiger partial charge in [-0.05, 0) is 12.1 Å². The number of methoxy groups -OCH3 is 1. The standard InChI is InChI=1S/C13H16ClN3O2/c1-19-12-5-2-4-11(14)10(12)8-16-9-13(18)17-7-3-6-15/h2,4-5,16H,3,7-9H2,1H3,(H,17,18). The van der Waals surface area contributed by atoms with Gasteiger partial charge in [0.1, 0.15) is 5.75 Å². The Labute approximate surface area is 117 Å². The van der Waals surface area contributed by atoms with Crippen LogP contribution in [0.15, 0.2) is 18.2 Å². The SMILES string of the molecule is COc1cccc(Cl)c1CNCC(=O)NCCC#N. The van der Waals surface area contributed by atoms with Crippen LogP contribution in [0, 0.1) is 11.3 Å². The fourth-order valence-electron chi connectivity index (χ4n) is 1.52. The normalized spacial score (nSPS) is 9.74. The average Bonchev–Trinajstić information content (AvgIpc) is 2.41. The van der Waals surface area contributed by atoms with Gasteiger partial charge in [0.2, 0.25) is 5.91 Å².